The third-order valence-electron chi connectivity index (χ3n) is 1.37. The van der Waals surface area contributed by atoms with Crippen LogP contribution in [0.1, 0.15) is 13.8 Å². The van der Waals surface area contributed by atoms with Crippen LogP contribution in [0.4, 0.5) is 0 Å². The summed E-state index contributed by atoms with van der Waals surface area (Å²) in [6.07, 6.45) is -1.25. The molecule has 3 nitrogen and oxygen atoms in total. The third kappa shape index (κ3) is 2.79. The molecule has 0 rings (SSSR count). The summed E-state index contributed by atoms with van der Waals surface area (Å²) >= 11 is 0. The van der Waals surface area contributed by atoms with E-state index in [0.29, 0.717) is 0 Å². The van der Waals surface area contributed by atoms with Crippen molar-refractivity contribution in [1.82, 2.24) is 5.32 Å². The van der Waals surface area contributed by atoms with Gasteiger partial charge in [0.15, 0.2) is 6.29 Å². The fourth-order valence-corrected chi connectivity index (χ4v) is 0.827. The molecule has 0 unspecified atom stereocenters. The molecule has 0 bridgehead atoms. The minimum absolute atomic E-state index is 0.218. The monoisotopic (exact) mass is 133 g/mol. The van der Waals surface area contributed by atoms with E-state index in [0.717, 1.165) is 0 Å². The maximum absolute atomic E-state index is 8.68. The number of aliphatic hydroxyl groups excluding tert-OH is 1. The molecular formula is C6H15NO2. The van der Waals surface area contributed by atoms with Crippen molar-refractivity contribution in [2.45, 2.75) is 26.2 Å². The van der Waals surface area contributed by atoms with E-state index in [9.17, 15) is 0 Å². The van der Waals surface area contributed by atoms with E-state index in [1.54, 1.807) is 7.05 Å². The number of hydrogen-bond acceptors (Lipinski definition) is 3. The fourth-order valence-electron chi connectivity index (χ4n) is 0.827. The molecule has 0 heterocycles. The topological polar surface area (TPSA) is 52.5 Å². The smallest absolute Gasteiger partial charge is 0.167 e. The predicted octanol–water partition coefficient (Wildman–Crippen LogP) is -0.459. The zero-order valence-corrected chi connectivity index (χ0v) is 6.13. The van der Waals surface area contributed by atoms with Gasteiger partial charge in [-0.05, 0) is 13.0 Å². The molecule has 0 aliphatic heterocycles. The average Bonchev–Trinajstić information content (AvgIpc) is 1.64. The first-order valence-corrected chi connectivity index (χ1v) is 3.13. The molecule has 56 valence electrons. The van der Waals surface area contributed by atoms with Crippen LogP contribution in [0.5, 0.6) is 0 Å². The standard InChI is InChI=1S/C6H15NO2/c1-4(2)5(7-3)6(8)9/h4-9H,1-3H3/t5-/m0/s1. The van der Waals surface area contributed by atoms with E-state index in [1.807, 2.05) is 13.8 Å². The highest BCUT2D eigenvalue weighted by Gasteiger charge is 2.17. The quantitative estimate of drug-likeness (QED) is 0.457. The van der Waals surface area contributed by atoms with Crippen molar-refractivity contribution in [3.8, 4) is 0 Å². The highest BCUT2D eigenvalue weighted by atomic mass is 16.5. The first kappa shape index (κ1) is 8.88. The van der Waals surface area contributed by atoms with Gasteiger partial charge in [-0.15, -0.1) is 0 Å². The van der Waals surface area contributed by atoms with Gasteiger partial charge in [-0.2, -0.15) is 0 Å². The summed E-state index contributed by atoms with van der Waals surface area (Å²) in [4.78, 5) is 0. The maximum atomic E-state index is 8.68. The normalized spacial score (nSPS) is 15.0. The van der Waals surface area contributed by atoms with Crippen LogP contribution in [0.3, 0.4) is 0 Å². The fraction of sp³-hybridized carbons (Fsp3) is 1.00. The Morgan fingerprint density at radius 1 is 1.22 bits per heavy atom. The van der Waals surface area contributed by atoms with Crippen molar-refractivity contribution in [1.29, 1.82) is 0 Å². The Labute approximate surface area is 55.7 Å². The maximum Gasteiger partial charge on any atom is 0.167 e. The molecule has 3 heteroatoms. The molecule has 0 aromatic heterocycles. The second-order valence-electron chi connectivity index (χ2n) is 2.47. The van der Waals surface area contributed by atoms with Crippen molar-refractivity contribution in [3.05, 3.63) is 0 Å². The van der Waals surface area contributed by atoms with Gasteiger partial charge >= 0.3 is 0 Å². The molecule has 0 aliphatic carbocycles. The van der Waals surface area contributed by atoms with Crippen molar-refractivity contribution in [2.24, 2.45) is 5.92 Å². The number of nitrogens with one attached hydrogen (secondary N) is 1. The van der Waals surface area contributed by atoms with Gasteiger partial charge in [0.05, 0.1) is 6.04 Å². The van der Waals surface area contributed by atoms with Crippen molar-refractivity contribution < 1.29 is 10.2 Å². The van der Waals surface area contributed by atoms with E-state index in [1.165, 1.54) is 0 Å². The van der Waals surface area contributed by atoms with E-state index in [2.05, 4.69) is 5.32 Å². The molecule has 0 aromatic carbocycles. The number of hydrogen-bond donors (Lipinski definition) is 3. The molecule has 0 fully saturated rings. The lowest BCUT2D eigenvalue weighted by molar-refractivity contribution is -0.0755. The van der Waals surface area contributed by atoms with Crippen LogP contribution in [0.15, 0.2) is 0 Å². The largest absolute Gasteiger partial charge is 0.367 e. The van der Waals surface area contributed by atoms with Crippen LogP contribution in [0.25, 0.3) is 0 Å². The van der Waals surface area contributed by atoms with Crippen LogP contribution in [0, 0.1) is 5.92 Å². The second kappa shape index (κ2) is 3.82. The van der Waals surface area contributed by atoms with E-state index in [-0.39, 0.29) is 12.0 Å². The zero-order chi connectivity index (χ0) is 7.44. The zero-order valence-electron chi connectivity index (χ0n) is 6.13. The molecule has 0 radical (unpaired) electrons. The molecule has 0 saturated carbocycles. The van der Waals surface area contributed by atoms with Gasteiger partial charge in [-0.3, -0.25) is 0 Å². The average molecular weight is 133 g/mol. The SMILES string of the molecule is CN[C@@H](C(C)C)C(O)O. The van der Waals surface area contributed by atoms with E-state index in [4.69, 9.17) is 10.2 Å². The van der Waals surface area contributed by atoms with Gasteiger partial charge in [0.2, 0.25) is 0 Å². The lowest BCUT2D eigenvalue weighted by Gasteiger charge is -2.21. The minimum Gasteiger partial charge on any atom is -0.367 e. The molecule has 1 atom stereocenters. The Balaban J connectivity index is 3.68. The number of aliphatic hydroxyl groups is 2. The van der Waals surface area contributed by atoms with Crippen molar-refractivity contribution in [2.75, 3.05) is 7.05 Å². The van der Waals surface area contributed by atoms with Gasteiger partial charge in [0.25, 0.3) is 0 Å². The van der Waals surface area contributed by atoms with Gasteiger partial charge in [-0.25, -0.2) is 0 Å². The second-order valence-corrected chi connectivity index (χ2v) is 2.47. The molecule has 0 aromatic rings. The minimum atomic E-state index is -1.25. The Kier molecular flexibility index (Phi) is 3.77. The highest BCUT2D eigenvalue weighted by molar-refractivity contribution is 4.69. The molecule has 0 saturated heterocycles. The third-order valence-corrected chi connectivity index (χ3v) is 1.37. The molecule has 0 spiro atoms. The molecule has 0 aliphatic rings. The van der Waals surface area contributed by atoms with Gasteiger partial charge in [0, 0.05) is 0 Å². The molecule has 0 amide bonds. The summed E-state index contributed by atoms with van der Waals surface area (Å²) in [7, 11) is 1.71. The van der Waals surface area contributed by atoms with Crippen LogP contribution < -0.4 is 5.32 Å². The van der Waals surface area contributed by atoms with Gasteiger partial charge in [0.1, 0.15) is 0 Å². The van der Waals surface area contributed by atoms with E-state index >= 15 is 0 Å². The first-order chi connectivity index (χ1) is 4.09. The summed E-state index contributed by atoms with van der Waals surface area (Å²) in [5.41, 5.74) is 0. The Bertz CT molecular complexity index is 65.5. The Morgan fingerprint density at radius 2 is 1.67 bits per heavy atom. The summed E-state index contributed by atoms with van der Waals surface area (Å²) in [5.74, 6) is 0.245. The predicted molar refractivity (Wildman–Crippen MR) is 35.9 cm³/mol. The lowest BCUT2D eigenvalue weighted by Crippen LogP contribution is -2.41. The van der Waals surface area contributed by atoms with Crippen LogP contribution in [-0.4, -0.2) is 29.6 Å². The Morgan fingerprint density at radius 3 is 1.67 bits per heavy atom. The first-order valence-electron chi connectivity index (χ1n) is 3.13. The number of rotatable bonds is 3. The van der Waals surface area contributed by atoms with E-state index < -0.39 is 6.29 Å². The lowest BCUT2D eigenvalue weighted by atomic mass is 10.0. The summed E-state index contributed by atoms with van der Waals surface area (Å²) in [6, 6.07) is -0.218. The number of likely N-dealkylation sites (N-methyl/N-ethyl adjacent to an activating group) is 1. The van der Waals surface area contributed by atoms with Crippen molar-refractivity contribution >= 4 is 0 Å². The van der Waals surface area contributed by atoms with Crippen LogP contribution in [0.2, 0.25) is 0 Å². The Hall–Kier alpha value is -0.120. The van der Waals surface area contributed by atoms with Crippen LogP contribution in [-0.2, 0) is 0 Å². The summed E-state index contributed by atoms with van der Waals surface area (Å²) in [6.45, 7) is 3.86. The summed E-state index contributed by atoms with van der Waals surface area (Å²) < 4.78 is 0. The molecule has 9 heavy (non-hydrogen) atoms. The van der Waals surface area contributed by atoms with Crippen LogP contribution >= 0.6 is 0 Å². The molecule has 3 N–H and O–H groups in total. The van der Waals surface area contributed by atoms with Crippen molar-refractivity contribution in [3.63, 3.8) is 0 Å². The summed E-state index contributed by atoms with van der Waals surface area (Å²) in [5, 5.41) is 20.2. The van der Waals surface area contributed by atoms with Gasteiger partial charge < -0.3 is 15.5 Å². The van der Waals surface area contributed by atoms with Gasteiger partial charge in [-0.1, -0.05) is 13.8 Å². The molecular weight excluding hydrogens is 118 g/mol. The highest BCUT2D eigenvalue weighted by Crippen LogP contribution is 2.02.